The second-order valence-electron chi connectivity index (χ2n) is 4.25. The van der Waals surface area contributed by atoms with Crippen molar-refractivity contribution in [2.45, 2.75) is 6.92 Å². The Hall–Kier alpha value is -1.87. The van der Waals surface area contributed by atoms with E-state index < -0.39 is 0 Å². The Kier molecular flexibility index (Phi) is 6.74. The molecule has 1 rings (SSSR count). The Bertz CT molecular complexity index is 510. The molecule has 3 N–H and O–H groups in total. The van der Waals surface area contributed by atoms with E-state index >= 15 is 0 Å². The topological polar surface area (TPSA) is 81.0 Å². The molecule has 0 saturated carbocycles. The van der Waals surface area contributed by atoms with Gasteiger partial charge in [0.25, 0.3) is 5.91 Å². The molecule has 20 heavy (non-hydrogen) atoms. The lowest BCUT2D eigenvalue weighted by molar-refractivity contribution is 0.0684. The number of carbonyl (C=O) groups excluding carboxylic acids is 1. The number of aliphatic hydroxyl groups is 3. The molecule has 0 fully saturated rings. The number of carbonyl (C=O) groups is 1. The predicted molar refractivity (Wildman–Crippen MR) is 75.2 cm³/mol. The third kappa shape index (κ3) is 4.35. The number of benzene rings is 1. The van der Waals surface area contributed by atoms with Gasteiger partial charge in [-0.2, -0.15) is 0 Å². The minimum Gasteiger partial charge on any atom is -0.395 e. The van der Waals surface area contributed by atoms with Crippen LogP contribution in [0.1, 0.15) is 21.5 Å². The summed E-state index contributed by atoms with van der Waals surface area (Å²) in [6.45, 7) is 1.57. The van der Waals surface area contributed by atoms with Gasteiger partial charge in [0.15, 0.2) is 0 Å². The molecule has 0 aromatic heterocycles. The fourth-order valence-electron chi connectivity index (χ4n) is 1.81. The quantitative estimate of drug-likeness (QED) is 0.649. The predicted octanol–water partition coefficient (Wildman–Crippen LogP) is -0.234. The van der Waals surface area contributed by atoms with Crippen molar-refractivity contribution in [2.75, 3.05) is 32.9 Å². The van der Waals surface area contributed by atoms with Crippen LogP contribution < -0.4 is 0 Å². The van der Waals surface area contributed by atoms with E-state index in [2.05, 4.69) is 11.8 Å². The zero-order valence-electron chi connectivity index (χ0n) is 11.5. The van der Waals surface area contributed by atoms with Gasteiger partial charge in [0, 0.05) is 18.7 Å². The van der Waals surface area contributed by atoms with Crippen LogP contribution in [-0.4, -0.2) is 59.0 Å². The lowest BCUT2D eigenvalue weighted by Crippen LogP contribution is -2.36. The van der Waals surface area contributed by atoms with Gasteiger partial charge in [-0.25, -0.2) is 0 Å². The normalized spacial score (nSPS) is 9.80. The Morgan fingerprint density at radius 1 is 1.20 bits per heavy atom. The van der Waals surface area contributed by atoms with Gasteiger partial charge < -0.3 is 20.2 Å². The van der Waals surface area contributed by atoms with Gasteiger partial charge in [-0.1, -0.05) is 17.9 Å². The number of aryl methyl sites for hydroxylation is 1. The highest BCUT2D eigenvalue weighted by molar-refractivity contribution is 5.96. The molecule has 5 nitrogen and oxygen atoms in total. The van der Waals surface area contributed by atoms with E-state index in [1.165, 1.54) is 4.90 Å². The molecule has 108 valence electrons. The first-order valence-electron chi connectivity index (χ1n) is 6.35. The summed E-state index contributed by atoms with van der Waals surface area (Å²) in [4.78, 5) is 13.8. The van der Waals surface area contributed by atoms with E-state index in [0.29, 0.717) is 11.1 Å². The molecule has 5 heteroatoms. The molecular weight excluding hydrogens is 258 g/mol. The summed E-state index contributed by atoms with van der Waals surface area (Å²) in [6, 6.07) is 5.24. The fourth-order valence-corrected chi connectivity index (χ4v) is 1.81. The molecular formula is C15H19NO4. The van der Waals surface area contributed by atoms with E-state index in [1.807, 2.05) is 6.92 Å². The first-order chi connectivity index (χ1) is 9.63. The van der Waals surface area contributed by atoms with Gasteiger partial charge in [0.05, 0.1) is 18.8 Å². The first kappa shape index (κ1) is 16.2. The van der Waals surface area contributed by atoms with Crippen molar-refractivity contribution in [2.24, 2.45) is 0 Å². The molecule has 0 bridgehead atoms. The molecule has 0 aliphatic rings. The third-order valence-electron chi connectivity index (χ3n) is 2.73. The van der Waals surface area contributed by atoms with E-state index in [4.69, 9.17) is 15.3 Å². The average Bonchev–Trinajstić information content (AvgIpc) is 2.44. The number of hydrogen-bond donors (Lipinski definition) is 3. The lowest BCUT2D eigenvalue weighted by atomic mass is 10.0. The lowest BCUT2D eigenvalue weighted by Gasteiger charge is -2.21. The summed E-state index contributed by atoms with van der Waals surface area (Å²) >= 11 is 0. The minimum absolute atomic E-state index is 0.153. The fraction of sp³-hybridized carbons (Fsp3) is 0.400. The summed E-state index contributed by atoms with van der Waals surface area (Å²) < 4.78 is 0. The van der Waals surface area contributed by atoms with E-state index in [-0.39, 0.29) is 38.8 Å². The number of nitrogens with zero attached hydrogens (tertiary/aromatic N) is 1. The van der Waals surface area contributed by atoms with Crippen molar-refractivity contribution < 1.29 is 20.1 Å². The van der Waals surface area contributed by atoms with Crippen molar-refractivity contribution >= 4 is 5.91 Å². The molecule has 1 amide bonds. The zero-order valence-corrected chi connectivity index (χ0v) is 11.5. The van der Waals surface area contributed by atoms with Crippen molar-refractivity contribution in [3.05, 3.63) is 34.9 Å². The van der Waals surface area contributed by atoms with Gasteiger partial charge in [0.1, 0.15) is 6.61 Å². The summed E-state index contributed by atoms with van der Waals surface area (Å²) in [5.41, 5.74) is 1.89. The third-order valence-corrected chi connectivity index (χ3v) is 2.73. The molecule has 0 aliphatic carbocycles. The van der Waals surface area contributed by atoms with Crippen molar-refractivity contribution in [3.63, 3.8) is 0 Å². The molecule has 0 radical (unpaired) electrons. The maximum atomic E-state index is 12.4. The Labute approximate surface area is 118 Å². The standard InChI is InChI=1S/C15H19NO4/c1-12-4-5-14(13(11-12)3-2-8-17)15(20)16(6-9-18)7-10-19/h4-5,11,17-19H,6-10H2,1H3. The Balaban J connectivity index is 3.12. The van der Waals surface area contributed by atoms with Crippen LogP contribution in [0, 0.1) is 18.8 Å². The van der Waals surface area contributed by atoms with E-state index in [1.54, 1.807) is 18.2 Å². The minimum atomic E-state index is -0.296. The maximum Gasteiger partial charge on any atom is 0.255 e. The molecule has 0 atom stereocenters. The number of hydrogen-bond acceptors (Lipinski definition) is 4. The summed E-state index contributed by atoms with van der Waals surface area (Å²) in [5.74, 6) is 4.98. The van der Waals surface area contributed by atoms with Crippen LogP contribution in [0.2, 0.25) is 0 Å². The largest absolute Gasteiger partial charge is 0.395 e. The summed E-state index contributed by atoms with van der Waals surface area (Å²) in [6.07, 6.45) is 0. The van der Waals surface area contributed by atoms with Crippen LogP contribution in [-0.2, 0) is 0 Å². The van der Waals surface area contributed by atoms with Gasteiger partial charge in [-0.05, 0) is 24.6 Å². The zero-order chi connectivity index (χ0) is 15.0. The van der Waals surface area contributed by atoms with Crippen molar-refractivity contribution in [1.29, 1.82) is 0 Å². The van der Waals surface area contributed by atoms with Crippen LogP contribution in [0.25, 0.3) is 0 Å². The Morgan fingerprint density at radius 3 is 2.40 bits per heavy atom. The highest BCUT2D eigenvalue weighted by atomic mass is 16.3. The van der Waals surface area contributed by atoms with Crippen LogP contribution in [0.5, 0.6) is 0 Å². The first-order valence-corrected chi connectivity index (χ1v) is 6.35. The summed E-state index contributed by atoms with van der Waals surface area (Å²) in [7, 11) is 0. The highest BCUT2D eigenvalue weighted by Gasteiger charge is 2.17. The smallest absolute Gasteiger partial charge is 0.255 e. The monoisotopic (exact) mass is 277 g/mol. The van der Waals surface area contributed by atoms with Gasteiger partial charge in [0.2, 0.25) is 0 Å². The second-order valence-corrected chi connectivity index (χ2v) is 4.25. The van der Waals surface area contributed by atoms with Gasteiger partial charge >= 0.3 is 0 Å². The highest BCUT2D eigenvalue weighted by Crippen LogP contribution is 2.13. The van der Waals surface area contributed by atoms with Crippen LogP contribution in [0.4, 0.5) is 0 Å². The van der Waals surface area contributed by atoms with Crippen molar-refractivity contribution in [1.82, 2.24) is 4.90 Å². The van der Waals surface area contributed by atoms with E-state index in [9.17, 15) is 4.79 Å². The van der Waals surface area contributed by atoms with E-state index in [0.717, 1.165) is 5.56 Å². The molecule has 0 spiro atoms. The second kappa shape index (κ2) is 8.33. The maximum absolute atomic E-state index is 12.4. The molecule has 0 aliphatic heterocycles. The summed E-state index contributed by atoms with van der Waals surface area (Å²) in [5, 5.41) is 26.7. The van der Waals surface area contributed by atoms with Crippen LogP contribution in [0.15, 0.2) is 18.2 Å². The molecule has 0 heterocycles. The number of rotatable bonds is 5. The van der Waals surface area contributed by atoms with Gasteiger partial charge in [-0.15, -0.1) is 0 Å². The molecule has 0 saturated heterocycles. The molecule has 1 aromatic rings. The van der Waals surface area contributed by atoms with Crippen molar-refractivity contribution in [3.8, 4) is 11.8 Å². The number of amides is 1. The van der Waals surface area contributed by atoms with Gasteiger partial charge in [-0.3, -0.25) is 4.79 Å². The Morgan fingerprint density at radius 2 is 1.85 bits per heavy atom. The average molecular weight is 277 g/mol. The number of aliphatic hydroxyl groups excluding tert-OH is 3. The molecule has 1 aromatic carbocycles. The van der Waals surface area contributed by atoms with Crippen LogP contribution in [0.3, 0.4) is 0 Å². The SMILES string of the molecule is Cc1ccc(C(=O)N(CCO)CCO)c(C#CCO)c1. The van der Waals surface area contributed by atoms with Crippen LogP contribution >= 0.6 is 0 Å². The molecule has 0 unspecified atom stereocenters.